The van der Waals surface area contributed by atoms with Crippen LogP contribution in [0.15, 0.2) is 29.2 Å². The molecule has 3 nitrogen and oxygen atoms in total. The summed E-state index contributed by atoms with van der Waals surface area (Å²) in [5.74, 6) is 1.34. The Bertz CT molecular complexity index is 548. The molecule has 0 saturated heterocycles. The van der Waals surface area contributed by atoms with Gasteiger partial charge in [-0.05, 0) is 42.9 Å². The molecule has 1 aliphatic rings. The number of alkyl halides is 1. The van der Waals surface area contributed by atoms with Crippen LogP contribution in [0.3, 0.4) is 0 Å². The van der Waals surface area contributed by atoms with Gasteiger partial charge in [0.25, 0.3) is 0 Å². The van der Waals surface area contributed by atoms with Crippen LogP contribution in [0, 0.1) is 11.8 Å². The number of hydrogen-bond acceptors (Lipinski definition) is 2. The Labute approximate surface area is 130 Å². The summed E-state index contributed by atoms with van der Waals surface area (Å²) < 4.78 is 27.1. The Kier molecular flexibility index (Phi) is 5.73. The van der Waals surface area contributed by atoms with Gasteiger partial charge in [0.05, 0.1) is 4.90 Å². The summed E-state index contributed by atoms with van der Waals surface area (Å²) in [4.78, 5) is 0.211. The van der Waals surface area contributed by atoms with Crippen LogP contribution in [0.4, 0.5) is 0 Å². The maximum atomic E-state index is 12.2. The van der Waals surface area contributed by atoms with Gasteiger partial charge in [-0.25, -0.2) is 13.1 Å². The number of hydrogen-bond donors (Lipinski definition) is 1. The van der Waals surface area contributed by atoms with Gasteiger partial charge >= 0.3 is 0 Å². The summed E-state index contributed by atoms with van der Waals surface area (Å²) in [6, 6.07) is 6.31. The van der Waals surface area contributed by atoms with E-state index in [-0.39, 0.29) is 4.90 Å². The van der Waals surface area contributed by atoms with E-state index >= 15 is 0 Å². The van der Waals surface area contributed by atoms with Crippen LogP contribution >= 0.6 is 23.2 Å². The molecule has 2 unspecified atom stereocenters. The van der Waals surface area contributed by atoms with Crippen molar-refractivity contribution in [3.8, 4) is 0 Å². The summed E-state index contributed by atoms with van der Waals surface area (Å²) in [6.45, 7) is 0.451. The first-order valence-electron chi connectivity index (χ1n) is 6.84. The number of sulfonamides is 1. The lowest BCUT2D eigenvalue weighted by Crippen LogP contribution is -2.34. The van der Waals surface area contributed by atoms with Gasteiger partial charge in [0.15, 0.2) is 0 Å². The quantitative estimate of drug-likeness (QED) is 0.834. The minimum atomic E-state index is -3.49. The fraction of sp³-hybridized carbons (Fsp3) is 0.571. The summed E-state index contributed by atoms with van der Waals surface area (Å²) in [7, 11) is -3.49. The average molecular weight is 336 g/mol. The number of rotatable bonds is 5. The van der Waals surface area contributed by atoms with E-state index < -0.39 is 10.0 Å². The second-order valence-corrected chi connectivity index (χ2v) is 7.78. The molecule has 0 aliphatic heterocycles. The summed E-state index contributed by atoms with van der Waals surface area (Å²) in [6.07, 6.45) is 4.47. The van der Waals surface area contributed by atoms with Crippen LogP contribution in [0.1, 0.15) is 25.7 Å². The average Bonchev–Trinajstić information content (AvgIpc) is 2.45. The third-order valence-corrected chi connectivity index (χ3v) is 5.96. The molecule has 0 heterocycles. The van der Waals surface area contributed by atoms with Gasteiger partial charge in [-0.15, -0.1) is 11.6 Å². The zero-order chi connectivity index (χ0) is 14.6. The molecule has 0 spiro atoms. The highest BCUT2D eigenvalue weighted by Gasteiger charge is 2.26. The van der Waals surface area contributed by atoms with Crippen molar-refractivity contribution in [2.45, 2.75) is 30.6 Å². The molecule has 1 saturated carbocycles. The molecule has 20 heavy (non-hydrogen) atoms. The highest BCUT2D eigenvalue weighted by atomic mass is 35.5. The molecule has 0 aromatic heterocycles. The fourth-order valence-electron chi connectivity index (χ4n) is 2.69. The van der Waals surface area contributed by atoms with E-state index in [0.29, 0.717) is 29.3 Å². The smallest absolute Gasteiger partial charge is 0.211 e. The van der Waals surface area contributed by atoms with Gasteiger partial charge in [-0.2, -0.15) is 0 Å². The number of benzene rings is 1. The molecule has 0 radical (unpaired) electrons. The molecule has 6 heteroatoms. The van der Waals surface area contributed by atoms with Crippen molar-refractivity contribution in [3.63, 3.8) is 0 Å². The molecule has 0 bridgehead atoms. The molecular weight excluding hydrogens is 317 g/mol. The lowest BCUT2D eigenvalue weighted by molar-refractivity contribution is 0.260. The van der Waals surface area contributed by atoms with Crippen molar-refractivity contribution in [2.24, 2.45) is 11.8 Å². The maximum Gasteiger partial charge on any atom is 0.240 e. The molecule has 0 amide bonds. The van der Waals surface area contributed by atoms with Gasteiger partial charge < -0.3 is 0 Å². The van der Waals surface area contributed by atoms with E-state index in [4.69, 9.17) is 23.2 Å². The first-order chi connectivity index (χ1) is 9.53. The summed E-state index contributed by atoms with van der Waals surface area (Å²) in [5, 5.41) is 0.421. The lowest BCUT2D eigenvalue weighted by atomic mass is 9.80. The molecule has 1 fully saturated rings. The lowest BCUT2D eigenvalue weighted by Gasteiger charge is -2.30. The number of halogens is 2. The van der Waals surface area contributed by atoms with Crippen molar-refractivity contribution in [1.29, 1.82) is 0 Å². The predicted molar refractivity (Wildman–Crippen MR) is 82.8 cm³/mol. The van der Waals surface area contributed by atoms with Gasteiger partial charge in [-0.3, -0.25) is 0 Å². The third kappa shape index (κ3) is 4.10. The highest BCUT2D eigenvalue weighted by molar-refractivity contribution is 7.89. The maximum absolute atomic E-state index is 12.2. The fourth-order valence-corrected chi connectivity index (χ4v) is 4.49. The summed E-state index contributed by atoms with van der Waals surface area (Å²) >= 11 is 11.8. The second-order valence-electron chi connectivity index (χ2n) is 5.27. The van der Waals surface area contributed by atoms with Gasteiger partial charge in [0, 0.05) is 17.4 Å². The molecular formula is C14H19Cl2NO2S. The molecule has 1 aromatic carbocycles. The normalized spacial score (nSPS) is 23.7. The molecule has 2 rings (SSSR count). The van der Waals surface area contributed by atoms with Crippen LogP contribution in [0.5, 0.6) is 0 Å². The van der Waals surface area contributed by atoms with Crippen molar-refractivity contribution in [3.05, 3.63) is 29.3 Å². The predicted octanol–water partition coefficient (Wildman–Crippen LogP) is 3.66. The first-order valence-corrected chi connectivity index (χ1v) is 9.23. The first kappa shape index (κ1) is 16.1. The van der Waals surface area contributed by atoms with Crippen molar-refractivity contribution < 1.29 is 8.42 Å². The van der Waals surface area contributed by atoms with Crippen LogP contribution in [0.25, 0.3) is 0 Å². The van der Waals surface area contributed by atoms with Crippen LogP contribution in [-0.2, 0) is 10.0 Å². The van der Waals surface area contributed by atoms with E-state index in [2.05, 4.69) is 4.72 Å². The zero-order valence-electron chi connectivity index (χ0n) is 11.2. The topological polar surface area (TPSA) is 46.2 Å². The molecule has 1 N–H and O–H groups in total. The standard InChI is InChI=1S/C14H19Cl2NO2S/c15-9-11-4-1-2-5-12(11)10-17-20(18,19)14-7-3-6-13(16)8-14/h3,6-8,11-12,17H,1-2,4-5,9-10H2. The van der Waals surface area contributed by atoms with E-state index in [9.17, 15) is 8.42 Å². The van der Waals surface area contributed by atoms with Crippen LogP contribution < -0.4 is 4.72 Å². The van der Waals surface area contributed by atoms with Gasteiger partial charge in [0.2, 0.25) is 10.0 Å². The Balaban J connectivity index is 2.02. The van der Waals surface area contributed by atoms with Crippen molar-refractivity contribution in [2.75, 3.05) is 12.4 Å². The minimum absolute atomic E-state index is 0.211. The second kappa shape index (κ2) is 7.12. The van der Waals surface area contributed by atoms with Crippen molar-refractivity contribution >= 4 is 33.2 Å². The highest BCUT2D eigenvalue weighted by Crippen LogP contribution is 2.30. The van der Waals surface area contributed by atoms with Crippen LogP contribution in [-0.4, -0.2) is 20.8 Å². The van der Waals surface area contributed by atoms with Gasteiger partial charge in [-0.1, -0.05) is 30.5 Å². The van der Waals surface area contributed by atoms with E-state index in [1.165, 1.54) is 12.5 Å². The van der Waals surface area contributed by atoms with Crippen LogP contribution in [0.2, 0.25) is 5.02 Å². The molecule has 2 atom stereocenters. The minimum Gasteiger partial charge on any atom is -0.211 e. The SMILES string of the molecule is O=S(=O)(NCC1CCCCC1CCl)c1cccc(Cl)c1. The Morgan fingerprint density at radius 3 is 2.55 bits per heavy atom. The Morgan fingerprint density at radius 2 is 1.90 bits per heavy atom. The molecule has 1 aliphatic carbocycles. The van der Waals surface area contributed by atoms with E-state index in [0.717, 1.165) is 19.3 Å². The Hall–Kier alpha value is -0.290. The van der Waals surface area contributed by atoms with E-state index in [1.807, 2.05) is 0 Å². The van der Waals surface area contributed by atoms with Crippen molar-refractivity contribution in [1.82, 2.24) is 4.72 Å². The zero-order valence-corrected chi connectivity index (χ0v) is 13.5. The molecule has 112 valence electrons. The summed E-state index contributed by atoms with van der Waals surface area (Å²) in [5.41, 5.74) is 0. The number of nitrogens with one attached hydrogen (secondary N) is 1. The van der Waals surface area contributed by atoms with Gasteiger partial charge in [0.1, 0.15) is 0 Å². The largest absolute Gasteiger partial charge is 0.240 e. The molecule has 1 aromatic rings. The monoisotopic (exact) mass is 335 g/mol. The Morgan fingerprint density at radius 1 is 1.20 bits per heavy atom. The van der Waals surface area contributed by atoms with E-state index in [1.54, 1.807) is 18.2 Å². The third-order valence-electron chi connectivity index (χ3n) is 3.91.